The number of nitrogens with one attached hydrogen (secondary N) is 1. The molecule has 1 atom stereocenters. The van der Waals surface area contributed by atoms with E-state index in [0.29, 0.717) is 12.5 Å². The molecule has 0 aliphatic rings. The predicted molar refractivity (Wildman–Crippen MR) is 73.7 cm³/mol. The van der Waals surface area contributed by atoms with Crippen LogP contribution in [0.5, 0.6) is 0 Å². The largest absolute Gasteiger partial charge is 0.449 e. The van der Waals surface area contributed by atoms with E-state index in [1.165, 1.54) is 11.1 Å². The van der Waals surface area contributed by atoms with E-state index >= 15 is 0 Å². The van der Waals surface area contributed by atoms with Crippen molar-refractivity contribution in [1.29, 1.82) is 0 Å². The quantitative estimate of drug-likeness (QED) is 0.869. The standard InChI is InChI=1S/C15H23NO2/c1-11(2)10-18-15(17)16-13(4)9-14-7-5-12(3)6-8-14/h5-8,11,13H,9-10H2,1-4H3,(H,16,17). The lowest BCUT2D eigenvalue weighted by Gasteiger charge is -2.15. The summed E-state index contributed by atoms with van der Waals surface area (Å²) in [7, 11) is 0. The molecule has 0 fully saturated rings. The van der Waals surface area contributed by atoms with E-state index in [4.69, 9.17) is 4.74 Å². The minimum absolute atomic E-state index is 0.0763. The third-order valence-corrected chi connectivity index (χ3v) is 2.57. The Balaban J connectivity index is 2.34. The van der Waals surface area contributed by atoms with Gasteiger partial charge >= 0.3 is 6.09 Å². The van der Waals surface area contributed by atoms with Gasteiger partial charge in [-0.1, -0.05) is 43.7 Å². The number of carbonyl (C=O) groups is 1. The molecule has 18 heavy (non-hydrogen) atoms. The summed E-state index contributed by atoms with van der Waals surface area (Å²) in [6.07, 6.45) is 0.486. The van der Waals surface area contributed by atoms with Crippen molar-refractivity contribution in [2.75, 3.05) is 6.61 Å². The molecule has 0 aliphatic carbocycles. The first kappa shape index (κ1) is 14.6. The number of aryl methyl sites for hydroxylation is 1. The minimum atomic E-state index is -0.330. The second kappa shape index (κ2) is 7.04. The lowest BCUT2D eigenvalue weighted by Crippen LogP contribution is -2.35. The molecule has 100 valence electrons. The van der Waals surface area contributed by atoms with Gasteiger partial charge in [0, 0.05) is 6.04 Å². The average Bonchev–Trinajstić information content (AvgIpc) is 2.29. The Hall–Kier alpha value is -1.51. The zero-order chi connectivity index (χ0) is 13.5. The molecule has 0 spiro atoms. The molecule has 0 saturated carbocycles. The molecular weight excluding hydrogens is 226 g/mol. The molecule has 1 rings (SSSR count). The van der Waals surface area contributed by atoms with Crippen molar-refractivity contribution in [1.82, 2.24) is 5.32 Å². The summed E-state index contributed by atoms with van der Waals surface area (Å²) in [4.78, 5) is 11.5. The molecule has 0 heterocycles. The predicted octanol–water partition coefficient (Wildman–Crippen LogP) is 3.31. The SMILES string of the molecule is Cc1ccc(CC(C)NC(=O)OCC(C)C)cc1. The second-order valence-electron chi connectivity index (χ2n) is 5.23. The second-order valence-corrected chi connectivity index (χ2v) is 5.23. The molecule has 1 aromatic carbocycles. The van der Waals surface area contributed by atoms with E-state index in [9.17, 15) is 4.79 Å². The summed E-state index contributed by atoms with van der Waals surface area (Å²) in [5, 5.41) is 2.84. The molecule has 0 aromatic heterocycles. The van der Waals surface area contributed by atoms with Crippen molar-refractivity contribution in [3.63, 3.8) is 0 Å². The Morgan fingerprint density at radius 1 is 1.22 bits per heavy atom. The highest BCUT2D eigenvalue weighted by Crippen LogP contribution is 2.06. The van der Waals surface area contributed by atoms with Crippen LogP contribution in [0.3, 0.4) is 0 Å². The van der Waals surface area contributed by atoms with Crippen LogP contribution in [0, 0.1) is 12.8 Å². The summed E-state index contributed by atoms with van der Waals surface area (Å²) >= 11 is 0. The number of carbonyl (C=O) groups excluding carboxylic acids is 1. The molecule has 0 bridgehead atoms. The van der Waals surface area contributed by atoms with Gasteiger partial charge in [0.25, 0.3) is 0 Å². The molecule has 0 radical (unpaired) electrons. The first-order valence-corrected chi connectivity index (χ1v) is 6.46. The maximum Gasteiger partial charge on any atom is 0.407 e. The van der Waals surface area contributed by atoms with Crippen LogP contribution in [0.4, 0.5) is 4.79 Å². The minimum Gasteiger partial charge on any atom is -0.449 e. The van der Waals surface area contributed by atoms with Gasteiger partial charge in [0.15, 0.2) is 0 Å². The normalized spacial score (nSPS) is 12.3. The molecule has 0 saturated heterocycles. The first-order valence-electron chi connectivity index (χ1n) is 6.46. The van der Waals surface area contributed by atoms with Crippen LogP contribution in [0.2, 0.25) is 0 Å². The molecule has 3 heteroatoms. The fourth-order valence-corrected chi connectivity index (χ4v) is 1.61. The zero-order valence-corrected chi connectivity index (χ0v) is 11.7. The third kappa shape index (κ3) is 5.71. The van der Waals surface area contributed by atoms with Gasteiger partial charge in [-0.15, -0.1) is 0 Å². The molecule has 1 unspecified atom stereocenters. The summed E-state index contributed by atoms with van der Waals surface area (Å²) in [5.74, 6) is 0.364. The lowest BCUT2D eigenvalue weighted by molar-refractivity contribution is 0.130. The number of rotatable bonds is 5. The summed E-state index contributed by atoms with van der Waals surface area (Å²) < 4.78 is 5.08. The topological polar surface area (TPSA) is 38.3 Å². The van der Waals surface area contributed by atoms with Crippen LogP contribution in [0.25, 0.3) is 0 Å². The van der Waals surface area contributed by atoms with Crippen molar-refractivity contribution in [2.24, 2.45) is 5.92 Å². The Bertz CT molecular complexity index is 371. The number of hydrogen-bond donors (Lipinski definition) is 1. The highest BCUT2D eigenvalue weighted by Gasteiger charge is 2.09. The highest BCUT2D eigenvalue weighted by atomic mass is 16.5. The van der Waals surface area contributed by atoms with Crippen LogP contribution < -0.4 is 5.32 Å². The van der Waals surface area contributed by atoms with Crippen LogP contribution in [0.15, 0.2) is 24.3 Å². The summed E-state index contributed by atoms with van der Waals surface area (Å²) in [6.45, 7) is 8.54. The summed E-state index contributed by atoms with van der Waals surface area (Å²) in [6, 6.07) is 8.42. The zero-order valence-electron chi connectivity index (χ0n) is 11.7. The molecule has 0 aliphatic heterocycles. The van der Waals surface area contributed by atoms with E-state index in [1.54, 1.807) is 0 Å². The van der Waals surface area contributed by atoms with Gasteiger partial charge in [-0.3, -0.25) is 0 Å². The Kier molecular flexibility index (Phi) is 5.69. The maximum absolute atomic E-state index is 11.5. The number of ether oxygens (including phenoxy) is 1. The number of hydrogen-bond acceptors (Lipinski definition) is 2. The van der Waals surface area contributed by atoms with Gasteiger partial charge in [-0.2, -0.15) is 0 Å². The molecular formula is C15H23NO2. The van der Waals surface area contributed by atoms with Gasteiger partial charge in [0.2, 0.25) is 0 Å². The van der Waals surface area contributed by atoms with Crippen LogP contribution >= 0.6 is 0 Å². The van der Waals surface area contributed by atoms with E-state index < -0.39 is 0 Å². The third-order valence-electron chi connectivity index (χ3n) is 2.57. The van der Waals surface area contributed by atoms with Crippen molar-refractivity contribution < 1.29 is 9.53 Å². The van der Waals surface area contributed by atoms with Crippen molar-refractivity contribution in [3.8, 4) is 0 Å². The van der Waals surface area contributed by atoms with Crippen LogP contribution in [-0.2, 0) is 11.2 Å². The lowest BCUT2D eigenvalue weighted by atomic mass is 10.1. The van der Waals surface area contributed by atoms with Crippen LogP contribution in [0.1, 0.15) is 31.9 Å². The molecule has 3 nitrogen and oxygen atoms in total. The monoisotopic (exact) mass is 249 g/mol. The Morgan fingerprint density at radius 3 is 2.39 bits per heavy atom. The maximum atomic E-state index is 11.5. The van der Waals surface area contributed by atoms with E-state index in [-0.39, 0.29) is 12.1 Å². The number of amides is 1. The Morgan fingerprint density at radius 2 is 1.83 bits per heavy atom. The smallest absolute Gasteiger partial charge is 0.407 e. The van der Waals surface area contributed by atoms with Gasteiger partial charge in [-0.05, 0) is 31.7 Å². The van der Waals surface area contributed by atoms with E-state index in [0.717, 1.165) is 6.42 Å². The van der Waals surface area contributed by atoms with Gasteiger partial charge in [0.1, 0.15) is 0 Å². The van der Waals surface area contributed by atoms with Crippen molar-refractivity contribution >= 4 is 6.09 Å². The van der Waals surface area contributed by atoms with Crippen molar-refractivity contribution in [3.05, 3.63) is 35.4 Å². The Labute approximate surface area is 110 Å². The number of benzene rings is 1. The average molecular weight is 249 g/mol. The molecule has 1 N–H and O–H groups in total. The summed E-state index contributed by atoms with van der Waals surface area (Å²) in [5.41, 5.74) is 2.47. The van der Waals surface area contributed by atoms with Gasteiger partial charge < -0.3 is 10.1 Å². The number of alkyl carbamates (subject to hydrolysis) is 1. The highest BCUT2D eigenvalue weighted by molar-refractivity contribution is 5.67. The van der Waals surface area contributed by atoms with E-state index in [2.05, 4.69) is 36.5 Å². The van der Waals surface area contributed by atoms with Gasteiger partial charge in [0.05, 0.1) is 6.61 Å². The molecule has 1 amide bonds. The fourth-order valence-electron chi connectivity index (χ4n) is 1.61. The first-order chi connectivity index (χ1) is 8.47. The van der Waals surface area contributed by atoms with Crippen molar-refractivity contribution in [2.45, 2.75) is 40.2 Å². The molecule has 1 aromatic rings. The van der Waals surface area contributed by atoms with Gasteiger partial charge in [-0.25, -0.2) is 4.79 Å². The van der Waals surface area contributed by atoms with Crippen LogP contribution in [-0.4, -0.2) is 18.7 Å². The fraction of sp³-hybridized carbons (Fsp3) is 0.533. The van der Waals surface area contributed by atoms with E-state index in [1.807, 2.05) is 20.8 Å².